The van der Waals surface area contributed by atoms with Gasteiger partial charge in [-0.05, 0) is 25.2 Å². The van der Waals surface area contributed by atoms with E-state index in [1.165, 1.54) is 11.0 Å². The second kappa shape index (κ2) is 6.91. The molecular formula is C15H17F2N3O2S. The number of halogens is 2. The Labute approximate surface area is 138 Å². The van der Waals surface area contributed by atoms with Crippen LogP contribution in [-0.2, 0) is 4.79 Å². The summed E-state index contributed by atoms with van der Waals surface area (Å²) in [5.74, 6) is -0.247. The molecule has 0 saturated heterocycles. The van der Waals surface area contributed by atoms with Crippen molar-refractivity contribution in [2.75, 3.05) is 14.1 Å². The topological polar surface area (TPSA) is 53.6 Å². The minimum Gasteiger partial charge on any atom is -0.434 e. The van der Waals surface area contributed by atoms with Crippen molar-refractivity contribution in [3.63, 3.8) is 0 Å². The number of alkyl halides is 2. The van der Waals surface area contributed by atoms with Gasteiger partial charge < -0.3 is 20.3 Å². The zero-order chi connectivity index (χ0) is 17.1. The summed E-state index contributed by atoms with van der Waals surface area (Å²) in [5, 5.41) is 6.16. The quantitative estimate of drug-likeness (QED) is 0.822. The number of nitrogens with one attached hydrogen (secondary N) is 2. The number of para-hydroxylation sites is 1. The molecule has 1 amide bonds. The monoisotopic (exact) mass is 341 g/mol. The van der Waals surface area contributed by atoms with Crippen molar-refractivity contribution < 1.29 is 18.3 Å². The highest BCUT2D eigenvalue weighted by Crippen LogP contribution is 2.34. The lowest BCUT2D eigenvalue weighted by molar-refractivity contribution is -0.125. The summed E-state index contributed by atoms with van der Waals surface area (Å²) >= 11 is 5.13. The smallest absolute Gasteiger partial charge is 0.387 e. The molecule has 0 spiro atoms. The Morgan fingerprint density at radius 2 is 2.00 bits per heavy atom. The summed E-state index contributed by atoms with van der Waals surface area (Å²) in [5.41, 5.74) is 1.39. The molecule has 124 valence electrons. The summed E-state index contributed by atoms with van der Waals surface area (Å²) in [6, 6.07) is 5.66. The van der Waals surface area contributed by atoms with E-state index in [0.717, 1.165) is 0 Å². The number of ether oxygens (including phenoxy) is 1. The van der Waals surface area contributed by atoms with Gasteiger partial charge in [0.25, 0.3) is 5.91 Å². The molecule has 0 bridgehead atoms. The van der Waals surface area contributed by atoms with Crippen LogP contribution < -0.4 is 15.4 Å². The van der Waals surface area contributed by atoms with Crippen molar-refractivity contribution in [3.05, 3.63) is 41.1 Å². The van der Waals surface area contributed by atoms with E-state index in [4.69, 9.17) is 12.2 Å². The van der Waals surface area contributed by atoms with Crippen molar-refractivity contribution in [1.82, 2.24) is 15.5 Å². The zero-order valence-corrected chi connectivity index (χ0v) is 13.7. The second-order valence-corrected chi connectivity index (χ2v) is 5.59. The highest BCUT2D eigenvalue weighted by molar-refractivity contribution is 7.80. The fourth-order valence-electron chi connectivity index (χ4n) is 2.37. The average Bonchev–Trinajstić information content (AvgIpc) is 2.45. The van der Waals surface area contributed by atoms with Crippen LogP contribution in [0.3, 0.4) is 0 Å². The third-order valence-electron chi connectivity index (χ3n) is 3.35. The van der Waals surface area contributed by atoms with Crippen LogP contribution in [0.1, 0.15) is 18.5 Å². The molecule has 1 aliphatic heterocycles. The molecule has 2 N–H and O–H groups in total. The molecule has 2 rings (SSSR count). The number of allylic oxidation sites excluding steroid dienone is 1. The molecule has 1 aromatic carbocycles. The van der Waals surface area contributed by atoms with E-state index in [1.807, 2.05) is 0 Å². The molecule has 1 heterocycles. The fourth-order valence-corrected chi connectivity index (χ4v) is 2.64. The minimum absolute atomic E-state index is 0.00144. The number of thiocarbonyl (C=S) groups is 1. The lowest BCUT2D eigenvalue weighted by atomic mass is 9.94. The third kappa shape index (κ3) is 3.76. The van der Waals surface area contributed by atoms with Gasteiger partial charge in [-0.3, -0.25) is 4.79 Å². The first-order valence-corrected chi connectivity index (χ1v) is 7.25. The van der Waals surface area contributed by atoms with E-state index < -0.39 is 12.7 Å². The molecule has 1 aliphatic rings. The minimum atomic E-state index is -2.96. The predicted octanol–water partition coefficient (Wildman–Crippen LogP) is 2.17. The summed E-state index contributed by atoms with van der Waals surface area (Å²) in [4.78, 5) is 13.9. The third-order valence-corrected chi connectivity index (χ3v) is 3.57. The van der Waals surface area contributed by atoms with E-state index >= 15 is 0 Å². The molecule has 1 aromatic rings. The molecule has 23 heavy (non-hydrogen) atoms. The molecule has 1 atom stereocenters. The van der Waals surface area contributed by atoms with Gasteiger partial charge in [0.15, 0.2) is 5.11 Å². The van der Waals surface area contributed by atoms with Crippen molar-refractivity contribution in [2.45, 2.75) is 19.6 Å². The lowest BCUT2D eigenvalue weighted by Gasteiger charge is -2.32. The number of hydrogen-bond donors (Lipinski definition) is 2. The van der Waals surface area contributed by atoms with Crippen LogP contribution in [0, 0.1) is 0 Å². The van der Waals surface area contributed by atoms with E-state index in [9.17, 15) is 13.6 Å². The van der Waals surface area contributed by atoms with Gasteiger partial charge in [0, 0.05) is 25.4 Å². The largest absolute Gasteiger partial charge is 0.434 e. The molecular weight excluding hydrogens is 324 g/mol. The van der Waals surface area contributed by atoms with Gasteiger partial charge in [0.1, 0.15) is 5.75 Å². The molecule has 0 aromatic heterocycles. The van der Waals surface area contributed by atoms with Gasteiger partial charge in [-0.25, -0.2) is 0 Å². The Bertz CT molecular complexity index is 662. The van der Waals surface area contributed by atoms with E-state index in [1.54, 1.807) is 39.2 Å². The molecule has 5 nitrogen and oxygen atoms in total. The van der Waals surface area contributed by atoms with Crippen molar-refractivity contribution >= 4 is 23.2 Å². The molecule has 8 heteroatoms. The van der Waals surface area contributed by atoms with Gasteiger partial charge in [-0.2, -0.15) is 8.78 Å². The first kappa shape index (κ1) is 17.1. The van der Waals surface area contributed by atoms with Gasteiger partial charge in [-0.1, -0.05) is 18.2 Å². The normalized spacial score (nSPS) is 17.7. The number of rotatable bonds is 4. The van der Waals surface area contributed by atoms with Gasteiger partial charge in [0.2, 0.25) is 0 Å². The van der Waals surface area contributed by atoms with Gasteiger partial charge >= 0.3 is 6.61 Å². The van der Waals surface area contributed by atoms with Crippen LogP contribution in [0.5, 0.6) is 5.75 Å². The van der Waals surface area contributed by atoms with E-state index in [2.05, 4.69) is 15.4 Å². The highest BCUT2D eigenvalue weighted by Gasteiger charge is 2.32. The number of amides is 1. The number of likely N-dealkylation sites (N-methyl/N-ethyl adjacent to an activating group) is 1. The number of nitrogens with zero attached hydrogens (tertiary/aromatic N) is 1. The van der Waals surface area contributed by atoms with Crippen molar-refractivity contribution in [2.24, 2.45) is 0 Å². The van der Waals surface area contributed by atoms with Crippen LogP contribution in [0.2, 0.25) is 0 Å². The number of carbonyl (C=O) groups is 1. The maximum Gasteiger partial charge on any atom is 0.387 e. The molecule has 0 saturated carbocycles. The lowest BCUT2D eigenvalue weighted by Crippen LogP contribution is -2.46. The number of benzene rings is 1. The highest BCUT2D eigenvalue weighted by atomic mass is 32.1. The molecule has 1 unspecified atom stereocenters. The van der Waals surface area contributed by atoms with E-state index in [0.29, 0.717) is 21.9 Å². The van der Waals surface area contributed by atoms with Crippen LogP contribution in [0.15, 0.2) is 35.5 Å². The molecule has 0 fully saturated rings. The first-order chi connectivity index (χ1) is 10.8. The molecule has 0 aliphatic carbocycles. The molecule has 0 radical (unpaired) electrons. The standard InChI is InChI=1S/C15H17F2N3O2S/c1-8-11(13(21)20(2)3)12(19-15(23)18-8)9-6-4-5-7-10(9)22-14(16)17/h4-7,12,14H,1-3H3,(H2,18,19,23). The van der Waals surface area contributed by atoms with Crippen molar-refractivity contribution in [1.29, 1.82) is 0 Å². The van der Waals surface area contributed by atoms with Crippen molar-refractivity contribution in [3.8, 4) is 5.75 Å². The van der Waals surface area contributed by atoms with Crippen LogP contribution in [0.4, 0.5) is 8.78 Å². The zero-order valence-electron chi connectivity index (χ0n) is 12.9. The number of hydrogen-bond acceptors (Lipinski definition) is 3. The number of carbonyl (C=O) groups excluding carboxylic acids is 1. The average molecular weight is 341 g/mol. The summed E-state index contributed by atoms with van der Waals surface area (Å²) in [6.45, 7) is -1.24. The maximum atomic E-state index is 12.6. The maximum absolute atomic E-state index is 12.6. The fraction of sp³-hybridized carbons (Fsp3) is 0.333. The van der Waals surface area contributed by atoms with Crippen LogP contribution in [0.25, 0.3) is 0 Å². The van der Waals surface area contributed by atoms with Gasteiger partial charge in [-0.15, -0.1) is 0 Å². The first-order valence-electron chi connectivity index (χ1n) is 6.85. The Hall–Kier alpha value is -2.22. The van der Waals surface area contributed by atoms with Crippen LogP contribution in [-0.4, -0.2) is 36.6 Å². The Morgan fingerprint density at radius 3 is 2.61 bits per heavy atom. The summed E-state index contributed by atoms with van der Waals surface area (Å²) in [7, 11) is 3.24. The Balaban J connectivity index is 2.53. The van der Waals surface area contributed by atoms with Crippen LogP contribution >= 0.6 is 12.2 Å². The van der Waals surface area contributed by atoms with Gasteiger partial charge in [0.05, 0.1) is 11.6 Å². The predicted molar refractivity (Wildman–Crippen MR) is 86.1 cm³/mol. The van der Waals surface area contributed by atoms with E-state index in [-0.39, 0.29) is 11.7 Å². The Kier molecular flexibility index (Phi) is 5.15. The SMILES string of the molecule is CC1=C(C(=O)N(C)C)C(c2ccccc2OC(F)F)NC(=S)N1. The Morgan fingerprint density at radius 1 is 1.35 bits per heavy atom. The second-order valence-electron chi connectivity index (χ2n) is 5.19. The summed E-state index contributed by atoms with van der Waals surface area (Å²) < 4.78 is 29.8. The summed E-state index contributed by atoms with van der Waals surface area (Å²) in [6.07, 6.45) is 0.